The molecule has 4 nitrogen and oxygen atoms in total. The molecule has 0 aromatic carbocycles. The lowest BCUT2D eigenvalue weighted by Gasteiger charge is -2.26. The molecule has 0 unspecified atom stereocenters. The van der Waals surface area contributed by atoms with E-state index in [0.717, 1.165) is 83.6 Å². The van der Waals surface area contributed by atoms with Crippen LogP contribution in [0.25, 0.3) is 0 Å². The van der Waals surface area contributed by atoms with E-state index in [9.17, 15) is 9.59 Å². The van der Waals surface area contributed by atoms with Crippen molar-refractivity contribution in [2.24, 2.45) is 0 Å². The van der Waals surface area contributed by atoms with Gasteiger partial charge in [-0.15, -0.1) is 0 Å². The molecule has 32 heavy (non-hydrogen) atoms. The molecule has 0 heterocycles. The summed E-state index contributed by atoms with van der Waals surface area (Å²) < 4.78 is 0. The van der Waals surface area contributed by atoms with Crippen LogP contribution in [0.5, 0.6) is 0 Å². The maximum absolute atomic E-state index is 12.4. The zero-order valence-corrected chi connectivity index (χ0v) is 21.0. The molecule has 0 aromatic rings. The topological polar surface area (TPSA) is 49.4 Å². The van der Waals surface area contributed by atoms with Gasteiger partial charge in [0.1, 0.15) is 0 Å². The van der Waals surface area contributed by atoms with Gasteiger partial charge in [-0.3, -0.25) is 9.59 Å². The fourth-order valence-electron chi connectivity index (χ4n) is 3.56. The Bertz CT molecular complexity index is 588. The lowest BCUT2D eigenvalue weighted by atomic mass is 10.1. The van der Waals surface area contributed by atoms with Crippen LogP contribution in [0.3, 0.4) is 0 Å². The summed E-state index contributed by atoms with van der Waals surface area (Å²) in [7, 11) is 0. The van der Waals surface area contributed by atoms with Crippen LogP contribution in [0.1, 0.15) is 111 Å². The summed E-state index contributed by atoms with van der Waals surface area (Å²) in [6, 6.07) is 0.758. The summed E-state index contributed by atoms with van der Waals surface area (Å²) in [5.74, 6) is 0.517. The second-order valence-corrected chi connectivity index (χ2v) is 9.24. The molecule has 0 aromatic heterocycles. The van der Waals surface area contributed by atoms with Crippen molar-refractivity contribution in [3.8, 4) is 0 Å². The van der Waals surface area contributed by atoms with Gasteiger partial charge in [-0.05, 0) is 78.1 Å². The lowest BCUT2D eigenvalue weighted by Crippen LogP contribution is -2.37. The Morgan fingerprint density at radius 3 is 2.09 bits per heavy atom. The molecule has 1 saturated carbocycles. The summed E-state index contributed by atoms with van der Waals surface area (Å²) in [5, 5.41) is 3.03. The van der Waals surface area contributed by atoms with Crippen LogP contribution >= 0.6 is 0 Å². The van der Waals surface area contributed by atoms with Gasteiger partial charge in [0.2, 0.25) is 11.8 Å². The standard InChI is InChI=1S/C28H48N2O2/c1-4-5-17-21-28(32)30(25(2)3)24-19-16-14-12-10-8-6-7-9-11-13-15-18-20-27(31)29-26-22-23-26/h6-7,11,13-14,16,25-26H,4-5,8-10,12,15,17-24H2,1-3H3,(H,29,31)/b7-6-,13-11-,16-14-. The Hall–Kier alpha value is -1.84. The first-order chi connectivity index (χ1) is 15.5. The van der Waals surface area contributed by atoms with Gasteiger partial charge < -0.3 is 10.2 Å². The van der Waals surface area contributed by atoms with Crippen LogP contribution in [-0.2, 0) is 9.59 Å². The van der Waals surface area contributed by atoms with Gasteiger partial charge in [-0.1, -0.05) is 56.2 Å². The summed E-state index contributed by atoms with van der Waals surface area (Å²) in [4.78, 5) is 26.0. The third-order valence-electron chi connectivity index (χ3n) is 5.71. The zero-order valence-electron chi connectivity index (χ0n) is 21.0. The van der Waals surface area contributed by atoms with Gasteiger partial charge in [-0.25, -0.2) is 0 Å². The van der Waals surface area contributed by atoms with Crippen LogP contribution in [-0.4, -0.2) is 35.3 Å². The molecule has 1 N–H and O–H groups in total. The number of amides is 2. The minimum atomic E-state index is 0.211. The van der Waals surface area contributed by atoms with Gasteiger partial charge in [-0.2, -0.15) is 0 Å². The highest BCUT2D eigenvalue weighted by Crippen LogP contribution is 2.18. The van der Waals surface area contributed by atoms with Gasteiger partial charge in [0.15, 0.2) is 0 Å². The van der Waals surface area contributed by atoms with E-state index in [2.05, 4.69) is 62.5 Å². The van der Waals surface area contributed by atoms with Crippen molar-refractivity contribution < 1.29 is 9.59 Å². The average Bonchev–Trinajstić information content (AvgIpc) is 3.57. The Kier molecular flexibility index (Phi) is 16.5. The average molecular weight is 445 g/mol. The summed E-state index contributed by atoms with van der Waals surface area (Å²) >= 11 is 0. The van der Waals surface area contributed by atoms with Gasteiger partial charge >= 0.3 is 0 Å². The number of hydrogen-bond acceptors (Lipinski definition) is 2. The van der Waals surface area contributed by atoms with E-state index in [4.69, 9.17) is 0 Å². The Labute approximate surface area is 197 Å². The molecule has 0 spiro atoms. The summed E-state index contributed by atoms with van der Waals surface area (Å²) in [6.45, 7) is 7.22. The number of carbonyl (C=O) groups excluding carboxylic acids is 2. The first kappa shape index (κ1) is 28.2. The largest absolute Gasteiger partial charge is 0.353 e. The minimum absolute atomic E-state index is 0.211. The number of nitrogens with one attached hydrogen (secondary N) is 1. The van der Waals surface area contributed by atoms with Crippen LogP contribution in [0.15, 0.2) is 36.5 Å². The molecule has 4 heteroatoms. The van der Waals surface area contributed by atoms with Crippen molar-refractivity contribution in [2.75, 3.05) is 6.54 Å². The quantitative estimate of drug-likeness (QED) is 0.174. The second kappa shape index (κ2) is 18.7. The van der Waals surface area contributed by atoms with Crippen molar-refractivity contribution in [1.82, 2.24) is 10.2 Å². The highest BCUT2D eigenvalue weighted by molar-refractivity contribution is 5.76. The maximum Gasteiger partial charge on any atom is 0.222 e. The Morgan fingerprint density at radius 1 is 0.844 bits per heavy atom. The van der Waals surface area contributed by atoms with Crippen LogP contribution < -0.4 is 5.32 Å². The molecule has 0 bridgehead atoms. The normalized spacial score (nSPS) is 14.2. The Balaban J connectivity index is 1.98. The van der Waals surface area contributed by atoms with E-state index < -0.39 is 0 Å². The predicted molar refractivity (Wildman–Crippen MR) is 137 cm³/mol. The minimum Gasteiger partial charge on any atom is -0.353 e. The van der Waals surface area contributed by atoms with Crippen molar-refractivity contribution in [3.05, 3.63) is 36.5 Å². The number of hydrogen-bond donors (Lipinski definition) is 1. The third kappa shape index (κ3) is 15.9. The molecular formula is C28H48N2O2. The van der Waals surface area contributed by atoms with E-state index in [0.29, 0.717) is 24.8 Å². The maximum atomic E-state index is 12.4. The number of nitrogens with zero attached hydrogens (tertiary/aromatic N) is 1. The van der Waals surface area contributed by atoms with Gasteiger partial charge in [0.05, 0.1) is 0 Å². The Morgan fingerprint density at radius 2 is 1.47 bits per heavy atom. The molecule has 182 valence electrons. The van der Waals surface area contributed by atoms with E-state index in [-0.39, 0.29) is 11.9 Å². The zero-order chi connectivity index (χ0) is 23.4. The molecule has 0 radical (unpaired) electrons. The van der Waals surface area contributed by atoms with Crippen molar-refractivity contribution in [2.45, 2.75) is 123 Å². The highest BCUT2D eigenvalue weighted by atomic mass is 16.2. The van der Waals surface area contributed by atoms with Gasteiger partial charge in [0.25, 0.3) is 0 Å². The highest BCUT2D eigenvalue weighted by Gasteiger charge is 2.22. The number of allylic oxidation sites excluding steroid dienone is 5. The number of rotatable bonds is 19. The van der Waals surface area contributed by atoms with Crippen LogP contribution in [0.4, 0.5) is 0 Å². The summed E-state index contributed by atoms with van der Waals surface area (Å²) in [6.07, 6.45) is 27.5. The lowest BCUT2D eigenvalue weighted by molar-refractivity contribution is -0.133. The second-order valence-electron chi connectivity index (χ2n) is 9.24. The van der Waals surface area contributed by atoms with Crippen LogP contribution in [0, 0.1) is 0 Å². The molecule has 1 rings (SSSR count). The molecular weight excluding hydrogens is 396 g/mol. The van der Waals surface area contributed by atoms with Crippen LogP contribution in [0.2, 0.25) is 0 Å². The molecule has 0 aliphatic heterocycles. The van der Waals surface area contributed by atoms with Gasteiger partial charge in [0, 0.05) is 31.5 Å². The molecule has 2 amide bonds. The summed E-state index contributed by atoms with van der Waals surface area (Å²) in [5.41, 5.74) is 0. The van der Waals surface area contributed by atoms with Crippen molar-refractivity contribution in [1.29, 1.82) is 0 Å². The fourth-order valence-corrected chi connectivity index (χ4v) is 3.56. The van der Waals surface area contributed by atoms with E-state index in [1.54, 1.807) is 0 Å². The van der Waals surface area contributed by atoms with E-state index in [1.807, 2.05) is 4.90 Å². The molecule has 1 fully saturated rings. The number of carbonyl (C=O) groups is 2. The molecule has 0 saturated heterocycles. The van der Waals surface area contributed by atoms with E-state index >= 15 is 0 Å². The molecule has 1 aliphatic rings. The predicted octanol–water partition coefficient (Wildman–Crippen LogP) is 6.87. The molecule has 0 atom stereocenters. The van der Waals surface area contributed by atoms with Crippen molar-refractivity contribution in [3.63, 3.8) is 0 Å². The molecule has 1 aliphatic carbocycles. The van der Waals surface area contributed by atoms with E-state index in [1.165, 1.54) is 0 Å². The number of unbranched alkanes of at least 4 members (excludes halogenated alkanes) is 5. The third-order valence-corrected chi connectivity index (χ3v) is 5.71. The fraction of sp³-hybridized carbons (Fsp3) is 0.714. The monoisotopic (exact) mass is 444 g/mol. The first-order valence-corrected chi connectivity index (χ1v) is 13.1. The van der Waals surface area contributed by atoms with Crippen molar-refractivity contribution >= 4 is 11.8 Å². The first-order valence-electron chi connectivity index (χ1n) is 13.1. The smallest absolute Gasteiger partial charge is 0.222 e. The SMILES string of the molecule is CCCCCC(=O)N(CC/C=C\CCC/C=C\C/C=C\CCCC(=O)NC1CC1)C(C)C.